The molecule has 1 amide bonds. The summed E-state index contributed by atoms with van der Waals surface area (Å²) < 4.78 is 5.20. The number of carbonyl (C=O) groups excluding carboxylic acids is 2. The molecular formula is C19H15ClN2O5S. The van der Waals surface area contributed by atoms with Crippen LogP contribution < -0.4 is 10.7 Å². The Morgan fingerprint density at radius 1 is 1.36 bits per heavy atom. The van der Waals surface area contributed by atoms with Crippen molar-refractivity contribution in [2.75, 3.05) is 13.2 Å². The van der Waals surface area contributed by atoms with Gasteiger partial charge in [0, 0.05) is 38.6 Å². The molecule has 3 aromatic rings. The highest BCUT2D eigenvalue weighted by molar-refractivity contribution is 7.20. The van der Waals surface area contributed by atoms with E-state index in [0.29, 0.717) is 20.8 Å². The van der Waals surface area contributed by atoms with Crippen LogP contribution in [0, 0.1) is 0 Å². The van der Waals surface area contributed by atoms with Crippen molar-refractivity contribution in [1.29, 1.82) is 0 Å². The number of ether oxygens (including phenoxy) is 1. The van der Waals surface area contributed by atoms with Gasteiger partial charge in [0.05, 0.1) is 6.61 Å². The average Bonchev–Trinajstić information content (AvgIpc) is 2.67. The van der Waals surface area contributed by atoms with Gasteiger partial charge in [-0.25, -0.2) is 0 Å². The Morgan fingerprint density at radius 2 is 2.14 bits per heavy atom. The number of pyridine rings is 1. The van der Waals surface area contributed by atoms with Crippen LogP contribution in [0.3, 0.4) is 0 Å². The van der Waals surface area contributed by atoms with E-state index in [2.05, 4.69) is 10.3 Å². The monoisotopic (exact) mass is 418 g/mol. The van der Waals surface area contributed by atoms with E-state index in [1.807, 2.05) is 0 Å². The van der Waals surface area contributed by atoms with Crippen LogP contribution in [-0.2, 0) is 9.53 Å². The summed E-state index contributed by atoms with van der Waals surface area (Å²) in [5.41, 5.74) is 0.206. The zero-order chi connectivity index (χ0) is 20.3. The van der Waals surface area contributed by atoms with Gasteiger partial charge in [-0.05, 0) is 25.1 Å². The molecule has 1 aromatic carbocycles. The van der Waals surface area contributed by atoms with Crippen LogP contribution in [0.2, 0.25) is 5.02 Å². The summed E-state index contributed by atoms with van der Waals surface area (Å²) in [6.45, 7) is 1.39. The van der Waals surface area contributed by atoms with Crippen LogP contribution in [0.25, 0.3) is 21.2 Å². The number of nitrogens with zero attached hydrogens (tertiary/aromatic N) is 1. The highest BCUT2D eigenvalue weighted by atomic mass is 35.5. The first-order valence-corrected chi connectivity index (χ1v) is 9.45. The van der Waals surface area contributed by atoms with Gasteiger partial charge in [-0.1, -0.05) is 29.0 Å². The van der Waals surface area contributed by atoms with Gasteiger partial charge < -0.3 is 15.2 Å². The van der Waals surface area contributed by atoms with Crippen LogP contribution >= 0.6 is 22.9 Å². The molecule has 144 valence electrons. The summed E-state index contributed by atoms with van der Waals surface area (Å²) in [6.07, 6.45) is 3.22. The molecule has 28 heavy (non-hydrogen) atoms. The fraction of sp³-hybridized carbons (Fsp3) is 0.158. The molecule has 0 saturated carbocycles. The molecule has 0 atom stereocenters. The molecule has 0 saturated heterocycles. The predicted octanol–water partition coefficient (Wildman–Crippen LogP) is 2.98. The van der Waals surface area contributed by atoms with Gasteiger partial charge in [0.15, 0.2) is 5.06 Å². The summed E-state index contributed by atoms with van der Waals surface area (Å²) >= 11 is 7.05. The minimum atomic E-state index is -0.864. The van der Waals surface area contributed by atoms with Crippen LogP contribution in [0.4, 0.5) is 0 Å². The van der Waals surface area contributed by atoms with Crippen molar-refractivity contribution in [2.45, 2.75) is 6.92 Å². The largest absolute Gasteiger partial charge is 0.499 e. The van der Waals surface area contributed by atoms with E-state index >= 15 is 0 Å². The van der Waals surface area contributed by atoms with E-state index in [4.69, 9.17) is 16.3 Å². The molecule has 2 N–H and O–H groups in total. The van der Waals surface area contributed by atoms with Gasteiger partial charge in [-0.15, -0.1) is 0 Å². The second kappa shape index (κ2) is 8.37. The second-order valence-corrected chi connectivity index (χ2v) is 7.11. The maximum atomic E-state index is 12.9. The highest BCUT2D eigenvalue weighted by Gasteiger charge is 2.22. The number of carbonyl (C=O) groups is 2. The number of esters is 1. The second-order valence-electron chi connectivity index (χ2n) is 5.67. The number of halogens is 1. The lowest BCUT2D eigenvalue weighted by Crippen LogP contribution is -2.33. The molecule has 0 radical (unpaired) electrons. The molecule has 3 rings (SSSR count). The quantitative estimate of drug-likeness (QED) is 0.617. The molecule has 2 heterocycles. The number of benzene rings is 1. The fourth-order valence-electron chi connectivity index (χ4n) is 2.64. The van der Waals surface area contributed by atoms with Gasteiger partial charge in [0.2, 0.25) is 5.43 Å². The van der Waals surface area contributed by atoms with Gasteiger partial charge >= 0.3 is 5.97 Å². The van der Waals surface area contributed by atoms with E-state index in [-0.39, 0.29) is 12.0 Å². The third-order valence-corrected chi connectivity index (χ3v) is 5.10. The Balaban J connectivity index is 2.09. The van der Waals surface area contributed by atoms with Gasteiger partial charge in [0.25, 0.3) is 5.91 Å². The average molecular weight is 419 g/mol. The SMILES string of the molecule is CCOC(=O)CNC(=O)c1c(O)sc2c(-c3cccnc3)cc(Cl)cc2c1=O. The number of nitrogens with one attached hydrogen (secondary N) is 1. The molecule has 0 spiro atoms. The first-order valence-electron chi connectivity index (χ1n) is 8.26. The number of aromatic nitrogens is 1. The van der Waals surface area contributed by atoms with Crippen molar-refractivity contribution >= 4 is 44.9 Å². The molecule has 0 aliphatic carbocycles. The minimum Gasteiger partial charge on any atom is -0.499 e. The van der Waals surface area contributed by atoms with Gasteiger partial charge in [-0.3, -0.25) is 19.4 Å². The molecule has 0 fully saturated rings. The van der Waals surface area contributed by atoms with Crippen LogP contribution in [-0.4, -0.2) is 35.1 Å². The minimum absolute atomic E-state index is 0.167. The number of fused-ring (bicyclic) bond motifs is 1. The van der Waals surface area contributed by atoms with Crippen molar-refractivity contribution in [3.05, 3.63) is 57.5 Å². The number of rotatable bonds is 5. The maximum Gasteiger partial charge on any atom is 0.325 e. The smallest absolute Gasteiger partial charge is 0.325 e. The summed E-state index contributed by atoms with van der Waals surface area (Å²) in [6, 6.07) is 6.64. The highest BCUT2D eigenvalue weighted by Crippen LogP contribution is 2.37. The lowest BCUT2D eigenvalue weighted by atomic mass is 10.0. The van der Waals surface area contributed by atoms with Crippen molar-refractivity contribution in [2.24, 2.45) is 0 Å². The van der Waals surface area contributed by atoms with Crippen molar-refractivity contribution < 1.29 is 19.4 Å². The number of hydrogen-bond donors (Lipinski definition) is 2. The fourth-order valence-corrected chi connectivity index (χ4v) is 3.89. The van der Waals surface area contributed by atoms with E-state index in [0.717, 1.165) is 11.3 Å². The molecule has 9 heteroatoms. The Labute approximate surface area is 168 Å². The molecule has 7 nitrogen and oxygen atoms in total. The predicted molar refractivity (Wildman–Crippen MR) is 107 cm³/mol. The van der Waals surface area contributed by atoms with E-state index < -0.39 is 34.5 Å². The molecule has 0 aliphatic heterocycles. The Hall–Kier alpha value is -2.97. The zero-order valence-corrected chi connectivity index (χ0v) is 16.3. The molecule has 2 aromatic heterocycles. The van der Waals surface area contributed by atoms with Crippen LogP contribution in [0.1, 0.15) is 17.3 Å². The third kappa shape index (κ3) is 3.97. The van der Waals surface area contributed by atoms with E-state index in [1.54, 1.807) is 37.5 Å². The van der Waals surface area contributed by atoms with Crippen LogP contribution in [0.5, 0.6) is 5.06 Å². The van der Waals surface area contributed by atoms with Crippen molar-refractivity contribution in [3.63, 3.8) is 0 Å². The Kier molecular flexibility index (Phi) is 5.91. The first kappa shape index (κ1) is 19.8. The van der Waals surface area contributed by atoms with Gasteiger partial charge in [0.1, 0.15) is 12.1 Å². The lowest BCUT2D eigenvalue weighted by molar-refractivity contribution is -0.141. The topological polar surface area (TPSA) is 106 Å². The van der Waals surface area contributed by atoms with E-state index in [1.165, 1.54) is 6.07 Å². The third-order valence-electron chi connectivity index (χ3n) is 3.84. The maximum absolute atomic E-state index is 12.9. The van der Waals surface area contributed by atoms with Crippen LogP contribution in [0.15, 0.2) is 41.5 Å². The van der Waals surface area contributed by atoms with Crippen molar-refractivity contribution in [3.8, 4) is 16.2 Å². The van der Waals surface area contributed by atoms with E-state index in [9.17, 15) is 19.5 Å². The summed E-state index contributed by atoms with van der Waals surface area (Å²) in [4.78, 5) is 40.7. The number of hydrogen-bond acceptors (Lipinski definition) is 7. The molecular weight excluding hydrogens is 404 g/mol. The Bertz CT molecular complexity index is 1110. The number of amides is 1. The summed E-state index contributed by atoms with van der Waals surface area (Å²) in [5, 5.41) is 12.7. The zero-order valence-electron chi connectivity index (χ0n) is 14.7. The standard InChI is InChI=1S/C19H15ClN2O5S/c1-2-27-14(23)9-22-18(25)15-16(24)13-7-11(20)6-12(17(13)28-19(15)26)10-4-3-5-21-8-10/h3-8,26H,2,9H2,1H3,(H,22,25). The van der Waals surface area contributed by atoms with Crippen molar-refractivity contribution in [1.82, 2.24) is 10.3 Å². The normalized spacial score (nSPS) is 10.6. The Morgan fingerprint density at radius 3 is 2.82 bits per heavy atom. The molecule has 0 unspecified atom stereocenters. The lowest BCUT2D eigenvalue weighted by Gasteiger charge is -2.10. The molecule has 0 bridgehead atoms. The molecule has 0 aliphatic rings. The summed E-state index contributed by atoms with van der Waals surface area (Å²) in [5.74, 6) is -1.51. The number of aromatic hydroxyl groups is 1. The summed E-state index contributed by atoms with van der Waals surface area (Å²) in [7, 11) is 0. The van der Waals surface area contributed by atoms with Gasteiger partial charge in [-0.2, -0.15) is 0 Å². The first-order chi connectivity index (χ1) is 13.4.